The molecule has 0 bridgehead atoms. The summed E-state index contributed by atoms with van der Waals surface area (Å²) < 4.78 is 5.66. The van der Waals surface area contributed by atoms with Gasteiger partial charge in [0.2, 0.25) is 0 Å². The largest absolute Gasteiger partial charge is 0.422 e. The number of carbonyl (C=O) groups is 2. The molecule has 1 heterocycles. The van der Waals surface area contributed by atoms with E-state index in [-0.39, 0.29) is 5.69 Å². The van der Waals surface area contributed by atoms with Crippen molar-refractivity contribution in [3.05, 3.63) is 102 Å². The van der Waals surface area contributed by atoms with Gasteiger partial charge in [0.1, 0.15) is 11.4 Å². The number of nitrogens with zero attached hydrogens (tertiary/aromatic N) is 3. The van der Waals surface area contributed by atoms with Crippen molar-refractivity contribution < 1.29 is 14.3 Å². The Balaban J connectivity index is 1.63. The quantitative estimate of drug-likeness (QED) is 0.233. The number of hydrogen-bond acceptors (Lipinski definition) is 6. The molecule has 0 aliphatic heterocycles. The molecule has 0 unspecified atom stereocenters. The average Bonchev–Trinajstić information content (AvgIpc) is 2.81. The summed E-state index contributed by atoms with van der Waals surface area (Å²) in [6.45, 7) is 1.95. The fourth-order valence-corrected chi connectivity index (χ4v) is 2.98. The molecule has 152 valence electrons. The first kappa shape index (κ1) is 19.9. The van der Waals surface area contributed by atoms with Crippen molar-refractivity contribution in [3.63, 3.8) is 0 Å². The molecule has 0 spiro atoms. The van der Waals surface area contributed by atoms with Gasteiger partial charge in [0.15, 0.2) is 0 Å². The maximum atomic E-state index is 12.6. The topological polar surface area (TPSA) is 93.5 Å². The normalized spacial score (nSPS) is 10.9. The molecule has 0 fully saturated rings. The maximum Gasteiger partial charge on any atom is 0.343 e. The first-order valence-corrected chi connectivity index (χ1v) is 9.52. The van der Waals surface area contributed by atoms with Crippen LogP contribution in [0, 0.1) is 6.92 Å². The Bertz CT molecular complexity index is 1270. The second-order valence-corrected chi connectivity index (χ2v) is 6.74. The van der Waals surface area contributed by atoms with Crippen molar-refractivity contribution >= 4 is 28.9 Å². The van der Waals surface area contributed by atoms with Crippen LogP contribution in [0.4, 0.5) is 0 Å². The lowest BCUT2D eigenvalue weighted by Gasteiger charge is -2.10. The van der Waals surface area contributed by atoms with E-state index >= 15 is 0 Å². The second-order valence-electron chi connectivity index (χ2n) is 6.74. The van der Waals surface area contributed by atoms with Crippen LogP contribution in [0.1, 0.15) is 32.0 Å². The molecule has 0 aliphatic carbocycles. The molecule has 0 saturated heterocycles. The molecular formula is C24H18N4O3. The van der Waals surface area contributed by atoms with E-state index in [4.69, 9.17) is 4.74 Å². The van der Waals surface area contributed by atoms with Crippen LogP contribution in [0.3, 0.4) is 0 Å². The van der Waals surface area contributed by atoms with Crippen molar-refractivity contribution in [2.24, 2.45) is 5.10 Å². The highest BCUT2D eigenvalue weighted by atomic mass is 16.5. The monoisotopic (exact) mass is 410 g/mol. The number of ether oxygens (including phenoxy) is 1. The van der Waals surface area contributed by atoms with Crippen LogP contribution in [-0.4, -0.2) is 28.1 Å². The molecule has 4 aromatic rings. The van der Waals surface area contributed by atoms with E-state index in [0.29, 0.717) is 16.9 Å². The molecular weight excluding hydrogens is 392 g/mol. The Morgan fingerprint density at radius 1 is 1.00 bits per heavy atom. The van der Waals surface area contributed by atoms with Gasteiger partial charge in [0.05, 0.1) is 18.0 Å². The van der Waals surface area contributed by atoms with Gasteiger partial charge in [-0.05, 0) is 35.9 Å². The van der Waals surface area contributed by atoms with Gasteiger partial charge in [-0.15, -0.1) is 0 Å². The molecule has 4 rings (SSSR count). The van der Waals surface area contributed by atoms with Gasteiger partial charge in [-0.3, -0.25) is 9.78 Å². The van der Waals surface area contributed by atoms with Crippen molar-refractivity contribution in [1.29, 1.82) is 0 Å². The Kier molecular flexibility index (Phi) is 5.75. The highest BCUT2D eigenvalue weighted by molar-refractivity contribution is 6.04. The molecule has 1 aromatic heterocycles. The van der Waals surface area contributed by atoms with Crippen molar-refractivity contribution in [2.45, 2.75) is 6.92 Å². The Hall–Kier alpha value is -4.39. The molecule has 31 heavy (non-hydrogen) atoms. The van der Waals surface area contributed by atoms with Crippen molar-refractivity contribution in [3.8, 4) is 5.75 Å². The van der Waals surface area contributed by atoms with Gasteiger partial charge in [-0.25, -0.2) is 15.2 Å². The lowest BCUT2D eigenvalue weighted by atomic mass is 10.0. The summed E-state index contributed by atoms with van der Waals surface area (Å²) in [7, 11) is 0. The zero-order valence-corrected chi connectivity index (χ0v) is 16.6. The number of rotatable bonds is 5. The summed E-state index contributed by atoms with van der Waals surface area (Å²) in [4.78, 5) is 32.6. The summed E-state index contributed by atoms with van der Waals surface area (Å²) in [5.74, 6) is -0.641. The van der Waals surface area contributed by atoms with Gasteiger partial charge >= 0.3 is 5.97 Å². The zero-order chi connectivity index (χ0) is 21.6. The maximum absolute atomic E-state index is 12.6. The van der Waals surface area contributed by atoms with E-state index in [1.807, 2.05) is 49.4 Å². The molecule has 7 nitrogen and oxygen atoms in total. The standard InChI is InChI=1S/C24H18N4O3/c1-16-6-8-18(9-7-16)24(30)31-22-11-10-17-4-2-3-5-19(17)20(22)14-27-28-23(29)21-15-25-12-13-26-21/h2-15H,1H3,(H,28,29). The summed E-state index contributed by atoms with van der Waals surface area (Å²) in [5.41, 5.74) is 4.62. The number of nitrogens with one attached hydrogen (secondary N) is 1. The SMILES string of the molecule is Cc1ccc(C(=O)Oc2ccc3ccccc3c2C=NNC(=O)c2cnccn2)cc1. The number of amides is 1. The van der Waals surface area contributed by atoms with Crippen molar-refractivity contribution in [2.75, 3.05) is 0 Å². The van der Waals surface area contributed by atoms with E-state index < -0.39 is 11.9 Å². The highest BCUT2D eigenvalue weighted by Gasteiger charge is 2.14. The predicted molar refractivity (Wildman–Crippen MR) is 117 cm³/mol. The number of hydrogen-bond donors (Lipinski definition) is 1. The smallest absolute Gasteiger partial charge is 0.343 e. The van der Waals surface area contributed by atoms with E-state index in [9.17, 15) is 9.59 Å². The summed E-state index contributed by atoms with van der Waals surface area (Å²) >= 11 is 0. The van der Waals surface area contributed by atoms with Crippen LogP contribution >= 0.6 is 0 Å². The molecule has 1 amide bonds. The average molecular weight is 410 g/mol. The van der Waals surface area contributed by atoms with Gasteiger partial charge in [0, 0.05) is 18.0 Å². The predicted octanol–water partition coefficient (Wildman–Crippen LogP) is 3.92. The van der Waals surface area contributed by atoms with Crippen LogP contribution in [0.5, 0.6) is 5.75 Å². The number of benzene rings is 3. The second kappa shape index (κ2) is 8.96. The van der Waals surface area contributed by atoms with E-state index in [1.54, 1.807) is 18.2 Å². The van der Waals surface area contributed by atoms with Gasteiger partial charge in [0.25, 0.3) is 5.91 Å². The molecule has 0 radical (unpaired) electrons. The fourth-order valence-electron chi connectivity index (χ4n) is 2.98. The number of hydrazone groups is 1. The molecule has 1 N–H and O–H groups in total. The van der Waals surface area contributed by atoms with Crippen molar-refractivity contribution in [1.82, 2.24) is 15.4 Å². The van der Waals surface area contributed by atoms with Gasteiger partial charge in [-0.1, -0.05) is 48.0 Å². The van der Waals surface area contributed by atoms with E-state index in [2.05, 4.69) is 20.5 Å². The van der Waals surface area contributed by atoms with Crippen LogP contribution in [0.25, 0.3) is 10.8 Å². The minimum absolute atomic E-state index is 0.142. The van der Waals surface area contributed by atoms with Crippen LogP contribution in [-0.2, 0) is 0 Å². The third-order valence-corrected chi connectivity index (χ3v) is 4.58. The Morgan fingerprint density at radius 2 is 1.81 bits per heavy atom. The fraction of sp³-hybridized carbons (Fsp3) is 0.0417. The minimum atomic E-state index is -0.497. The number of esters is 1. The lowest BCUT2D eigenvalue weighted by Crippen LogP contribution is -2.19. The first-order chi connectivity index (χ1) is 15.1. The molecule has 0 atom stereocenters. The van der Waals surface area contributed by atoms with E-state index in [0.717, 1.165) is 16.3 Å². The highest BCUT2D eigenvalue weighted by Crippen LogP contribution is 2.27. The Labute approximate surface area is 178 Å². The van der Waals surface area contributed by atoms with E-state index in [1.165, 1.54) is 24.8 Å². The summed E-state index contributed by atoms with van der Waals surface area (Å²) in [5, 5.41) is 5.81. The molecule has 7 heteroatoms. The third kappa shape index (κ3) is 4.62. The number of carbonyl (C=O) groups excluding carboxylic acids is 2. The number of aryl methyl sites for hydroxylation is 1. The zero-order valence-electron chi connectivity index (χ0n) is 16.6. The minimum Gasteiger partial charge on any atom is -0.422 e. The summed E-state index contributed by atoms with van der Waals surface area (Å²) in [6, 6.07) is 18.3. The Morgan fingerprint density at radius 3 is 2.58 bits per heavy atom. The molecule has 3 aromatic carbocycles. The van der Waals surface area contributed by atoms with Gasteiger partial charge < -0.3 is 4.74 Å². The molecule has 0 aliphatic rings. The van der Waals surface area contributed by atoms with Crippen LogP contribution in [0.15, 0.2) is 84.4 Å². The summed E-state index contributed by atoms with van der Waals surface area (Å²) in [6.07, 6.45) is 5.70. The molecule has 0 saturated carbocycles. The van der Waals surface area contributed by atoms with Crippen LogP contribution in [0.2, 0.25) is 0 Å². The lowest BCUT2D eigenvalue weighted by molar-refractivity contribution is 0.0734. The van der Waals surface area contributed by atoms with Gasteiger partial charge in [-0.2, -0.15) is 5.10 Å². The third-order valence-electron chi connectivity index (χ3n) is 4.58. The number of fused-ring (bicyclic) bond motifs is 1. The first-order valence-electron chi connectivity index (χ1n) is 9.52. The van der Waals surface area contributed by atoms with Crippen LogP contribution < -0.4 is 10.2 Å². The number of aromatic nitrogens is 2.